The van der Waals surface area contributed by atoms with Gasteiger partial charge in [-0.05, 0) is 25.5 Å². The first kappa shape index (κ1) is 10.6. The predicted octanol–water partition coefficient (Wildman–Crippen LogP) is 2.13. The number of ether oxygens (including phenoxy) is 2. The summed E-state index contributed by atoms with van der Waals surface area (Å²) >= 11 is 0. The number of aryl methyl sites for hydroxylation is 1. The summed E-state index contributed by atoms with van der Waals surface area (Å²) in [5.41, 5.74) is 2.30. The molecular formula is C11H14O3. The smallest absolute Gasteiger partial charge is 0.154 e. The molecule has 3 nitrogen and oxygen atoms in total. The van der Waals surface area contributed by atoms with Crippen molar-refractivity contribution in [3.05, 3.63) is 22.8 Å². The summed E-state index contributed by atoms with van der Waals surface area (Å²) in [7, 11) is 3.15. The van der Waals surface area contributed by atoms with Crippen molar-refractivity contribution >= 4 is 6.29 Å². The van der Waals surface area contributed by atoms with Crippen molar-refractivity contribution in [3.63, 3.8) is 0 Å². The van der Waals surface area contributed by atoms with Crippen LogP contribution in [0.1, 0.15) is 21.5 Å². The molecule has 0 heterocycles. The van der Waals surface area contributed by atoms with Gasteiger partial charge in [0.2, 0.25) is 0 Å². The third-order valence-corrected chi connectivity index (χ3v) is 2.27. The van der Waals surface area contributed by atoms with E-state index in [0.717, 1.165) is 23.2 Å². The molecule has 0 aromatic heterocycles. The van der Waals surface area contributed by atoms with Crippen LogP contribution in [0.2, 0.25) is 0 Å². The summed E-state index contributed by atoms with van der Waals surface area (Å²) in [6, 6.07) is 1.83. The highest BCUT2D eigenvalue weighted by molar-refractivity contribution is 5.83. The molecule has 0 aliphatic rings. The number of hydrogen-bond donors (Lipinski definition) is 0. The Morgan fingerprint density at radius 2 is 1.86 bits per heavy atom. The van der Waals surface area contributed by atoms with E-state index in [9.17, 15) is 4.79 Å². The van der Waals surface area contributed by atoms with Gasteiger partial charge in [0.1, 0.15) is 11.5 Å². The zero-order valence-corrected chi connectivity index (χ0v) is 8.88. The van der Waals surface area contributed by atoms with Crippen molar-refractivity contribution in [2.24, 2.45) is 0 Å². The summed E-state index contributed by atoms with van der Waals surface area (Å²) in [5.74, 6) is 1.34. The normalized spacial score (nSPS) is 9.71. The van der Waals surface area contributed by atoms with Crippen LogP contribution < -0.4 is 9.47 Å². The van der Waals surface area contributed by atoms with Crippen molar-refractivity contribution in [1.82, 2.24) is 0 Å². The maximum Gasteiger partial charge on any atom is 0.154 e. The number of aldehydes is 1. The second kappa shape index (κ2) is 4.13. The monoisotopic (exact) mass is 194 g/mol. The molecule has 0 saturated carbocycles. The first-order valence-electron chi connectivity index (χ1n) is 4.33. The van der Waals surface area contributed by atoms with Crippen LogP contribution >= 0.6 is 0 Å². The van der Waals surface area contributed by atoms with E-state index in [1.807, 2.05) is 19.9 Å². The average molecular weight is 194 g/mol. The van der Waals surface area contributed by atoms with Crippen LogP contribution in [0, 0.1) is 13.8 Å². The molecule has 14 heavy (non-hydrogen) atoms. The molecule has 0 atom stereocenters. The van der Waals surface area contributed by atoms with E-state index in [1.54, 1.807) is 14.2 Å². The zero-order chi connectivity index (χ0) is 10.7. The molecule has 1 aromatic carbocycles. The van der Waals surface area contributed by atoms with Crippen LogP contribution in [-0.4, -0.2) is 20.5 Å². The molecule has 0 bridgehead atoms. The van der Waals surface area contributed by atoms with Gasteiger partial charge >= 0.3 is 0 Å². The van der Waals surface area contributed by atoms with Crippen molar-refractivity contribution in [2.45, 2.75) is 13.8 Å². The first-order chi connectivity index (χ1) is 6.65. The van der Waals surface area contributed by atoms with Crippen LogP contribution in [-0.2, 0) is 0 Å². The topological polar surface area (TPSA) is 35.5 Å². The molecule has 0 N–H and O–H groups in total. The lowest BCUT2D eigenvalue weighted by molar-refractivity contribution is 0.112. The van der Waals surface area contributed by atoms with E-state index in [2.05, 4.69) is 0 Å². The Labute approximate surface area is 83.6 Å². The highest BCUT2D eigenvalue weighted by Gasteiger charge is 2.13. The highest BCUT2D eigenvalue weighted by atomic mass is 16.5. The number of rotatable bonds is 3. The Hall–Kier alpha value is -1.51. The van der Waals surface area contributed by atoms with Gasteiger partial charge in [0, 0.05) is 5.56 Å². The molecule has 1 aromatic rings. The summed E-state index contributed by atoms with van der Waals surface area (Å²) in [4.78, 5) is 10.8. The number of hydrogen-bond acceptors (Lipinski definition) is 3. The molecule has 1 rings (SSSR count). The molecular weight excluding hydrogens is 180 g/mol. The Morgan fingerprint density at radius 3 is 2.29 bits per heavy atom. The van der Waals surface area contributed by atoms with Crippen LogP contribution in [0.5, 0.6) is 11.5 Å². The van der Waals surface area contributed by atoms with Gasteiger partial charge in [-0.2, -0.15) is 0 Å². The van der Waals surface area contributed by atoms with E-state index >= 15 is 0 Å². The predicted molar refractivity (Wildman–Crippen MR) is 54.4 cm³/mol. The second-order valence-corrected chi connectivity index (χ2v) is 3.09. The Bertz CT molecular complexity index is 356. The summed E-state index contributed by atoms with van der Waals surface area (Å²) in [5, 5.41) is 0. The van der Waals surface area contributed by atoms with E-state index in [4.69, 9.17) is 9.47 Å². The summed E-state index contributed by atoms with van der Waals surface area (Å²) in [6.07, 6.45) is 0.806. The van der Waals surface area contributed by atoms with Gasteiger partial charge in [-0.3, -0.25) is 4.79 Å². The maximum atomic E-state index is 10.8. The molecule has 0 amide bonds. The lowest BCUT2D eigenvalue weighted by Gasteiger charge is -2.13. The van der Waals surface area contributed by atoms with Crippen LogP contribution in [0.25, 0.3) is 0 Å². The van der Waals surface area contributed by atoms with E-state index in [0.29, 0.717) is 11.3 Å². The minimum Gasteiger partial charge on any atom is -0.496 e. The van der Waals surface area contributed by atoms with Crippen molar-refractivity contribution < 1.29 is 14.3 Å². The SMILES string of the molecule is COc1cc(C)c(C=O)c(OC)c1C. The maximum absolute atomic E-state index is 10.8. The molecule has 0 radical (unpaired) electrons. The molecule has 0 saturated heterocycles. The largest absolute Gasteiger partial charge is 0.496 e. The molecule has 76 valence electrons. The van der Waals surface area contributed by atoms with Gasteiger partial charge in [0.25, 0.3) is 0 Å². The van der Waals surface area contributed by atoms with E-state index in [1.165, 1.54) is 0 Å². The standard InChI is InChI=1S/C11H14O3/c1-7-5-10(13-3)8(2)11(14-4)9(7)6-12/h5-6H,1-4H3. The van der Waals surface area contributed by atoms with Crippen molar-refractivity contribution in [3.8, 4) is 11.5 Å². The van der Waals surface area contributed by atoms with Crippen LogP contribution in [0.4, 0.5) is 0 Å². The Balaban J connectivity index is 3.47. The van der Waals surface area contributed by atoms with Gasteiger partial charge < -0.3 is 9.47 Å². The molecule has 0 unspecified atom stereocenters. The fourth-order valence-corrected chi connectivity index (χ4v) is 1.50. The first-order valence-corrected chi connectivity index (χ1v) is 4.33. The van der Waals surface area contributed by atoms with Gasteiger partial charge in [-0.15, -0.1) is 0 Å². The molecule has 0 aliphatic carbocycles. The summed E-state index contributed by atoms with van der Waals surface area (Å²) < 4.78 is 10.4. The third kappa shape index (κ3) is 1.58. The van der Waals surface area contributed by atoms with Crippen LogP contribution in [0.3, 0.4) is 0 Å². The van der Waals surface area contributed by atoms with Crippen LogP contribution in [0.15, 0.2) is 6.07 Å². The Kier molecular flexibility index (Phi) is 3.12. The molecule has 0 aliphatic heterocycles. The van der Waals surface area contributed by atoms with E-state index < -0.39 is 0 Å². The fraction of sp³-hybridized carbons (Fsp3) is 0.364. The second-order valence-electron chi connectivity index (χ2n) is 3.09. The van der Waals surface area contributed by atoms with Gasteiger partial charge in [-0.25, -0.2) is 0 Å². The average Bonchev–Trinajstić information content (AvgIpc) is 2.20. The van der Waals surface area contributed by atoms with Crippen molar-refractivity contribution in [2.75, 3.05) is 14.2 Å². The quantitative estimate of drug-likeness (QED) is 0.691. The van der Waals surface area contributed by atoms with Crippen molar-refractivity contribution in [1.29, 1.82) is 0 Å². The zero-order valence-electron chi connectivity index (χ0n) is 8.88. The molecule has 0 fully saturated rings. The number of benzene rings is 1. The number of methoxy groups -OCH3 is 2. The molecule has 3 heteroatoms. The fourth-order valence-electron chi connectivity index (χ4n) is 1.50. The highest BCUT2D eigenvalue weighted by Crippen LogP contribution is 2.32. The van der Waals surface area contributed by atoms with E-state index in [-0.39, 0.29) is 0 Å². The summed E-state index contributed by atoms with van der Waals surface area (Å²) in [6.45, 7) is 3.72. The third-order valence-electron chi connectivity index (χ3n) is 2.27. The Morgan fingerprint density at radius 1 is 1.21 bits per heavy atom. The lowest BCUT2D eigenvalue weighted by Crippen LogP contribution is -1.99. The van der Waals surface area contributed by atoms with Gasteiger partial charge in [-0.1, -0.05) is 0 Å². The minimum atomic E-state index is 0.589. The number of carbonyl (C=O) groups is 1. The molecule has 0 spiro atoms. The van der Waals surface area contributed by atoms with Gasteiger partial charge in [0.05, 0.1) is 19.8 Å². The number of carbonyl (C=O) groups excluding carboxylic acids is 1. The minimum absolute atomic E-state index is 0.589. The lowest BCUT2D eigenvalue weighted by atomic mass is 10.0. The van der Waals surface area contributed by atoms with Gasteiger partial charge in [0.15, 0.2) is 6.29 Å².